The Kier molecular flexibility index (Phi) is 2.90. The smallest absolute Gasteiger partial charge is 0.282 e. The molecule has 0 spiro atoms. The fraction of sp³-hybridized carbons (Fsp3) is 0.364. The van der Waals surface area contributed by atoms with Crippen molar-refractivity contribution >= 4 is 11.7 Å². The summed E-state index contributed by atoms with van der Waals surface area (Å²) >= 11 is 0. The predicted molar refractivity (Wildman–Crippen MR) is 62.6 cm³/mol. The quantitative estimate of drug-likeness (QED) is 0.641. The minimum atomic E-state index is -0.932. The van der Waals surface area contributed by atoms with Crippen LogP contribution in [0.5, 0.6) is 0 Å². The summed E-state index contributed by atoms with van der Waals surface area (Å²) in [5, 5.41) is 10.7. The number of nitro benzene ring substituents is 1. The van der Waals surface area contributed by atoms with Crippen molar-refractivity contribution in [1.29, 1.82) is 0 Å². The van der Waals surface area contributed by atoms with E-state index in [1.54, 1.807) is 6.92 Å². The molecule has 2 N–H and O–H groups in total. The van der Waals surface area contributed by atoms with Gasteiger partial charge in [0.15, 0.2) is 0 Å². The molecule has 1 aromatic carbocycles. The highest BCUT2D eigenvalue weighted by atomic mass is 19.1. The number of hydrogen-bond donors (Lipinski definition) is 1. The number of nitrogens with zero attached hydrogens (tertiary/aromatic N) is 2. The summed E-state index contributed by atoms with van der Waals surface area (Å²) in [5.41, 5.74) is 4.52. The highest BCUT2D eigenvalue weighted by Gasteiger charge is 2.33. The van der Waals surface area contributed by atoms with Crippen LogP contribution >= 0.6 is 0 Å². The van der Waals surface area contributed by atoms with Crippen LogP contribution in [0.15, 0.2) is 23.2 Å². The average Bonchev–Trinajstić information content (AvgIpc) is 2.28. The van der Waals surface area contributed by atoms with Gasteiger partial charge in [0, 0.05) is 24.1 Å². The Hall–Kier alpha value is -2.18. The second kappa shape index (κ2) is 4.25. The lowest BCUT2D eigenvalue weighted by Crippen LogP contribution is -2.34. The summed E-state index contributed by atoms with van der Waals surface area (Å²) in [6, 6.07) is 3.35. The van der Waals surface area contributed by atoms with Gasteiger partial charge in [0.25, 0.3) is 11.7 Å². The Labute approximate surface area is 102 Å². The first kappa shape index (κ1) is 12.3. The van der Waals surface area contributed by atoms with Gasteiger partial charge in [-0.05, 0) is 13.0 Å². The maximum atomic E-state index is 13.8. The molecule has 18 heavy (non-hydrogen) atoms. The molecule has 2 rings (SSSR count). The Morgan fingerprint density at radius 3 is 2.94 bits per heavy atom. The van der Waals surface area contributed by atoms with Gasteiger partial charge in [-0.1, -0.05) is 0 Å². The number of amidine groups is 1. The van der Waals surface area contributed by atoms with E-state index in [-0.39, 0.29) is 17.3 Å². The van der Waals surface area contributed by atoms with Crippen LogP contribution < -0.4 is 5.73 Å². The number of benzene rings is 1. The van der Waals surface area contributed by atoms with E-state index >= 15 is 0 Å². The third-order valence-electron chi connectivity index (χ3n) is 2.94. The molecule has 6 nitrogen and oxygen atoms in total. The predicted octanol–water partition coefficient (Wildman–Crippen LogP) is 1.68. The summed E-state index contributed by atoms with van der Waals surface area (Å²) in [7, 11) is 0. The van der Waals surface area contributed by atoms with Gasteiger partial charge in [0.1, 0.15) is 5.82 Å². The van der Waals surface area contributed by atoms with Crippen molar-refractivity contribution in [1.82, 2.24) is 0 Å². The normalized spacial score (nSPS) is 23.1. The molecule has 0 amide bonds. The molecule has 1 aliphatic rings. The van der Waals surface area contributed by atoms with Gasteiger partial charge < -0.3 is 10.5 Å². The summed E-state index contributed by atoms with van der Waals surface area (Å²) in [6.45, 7) is 1.97. The molecule has 0 radical (unpaired) electrons. The first-order valence-corrected chi connectivity index (χ1v) is 5.35. The SMILES string of the molecule is CC1(c2cc([N+](=O)[O-])ccc2F)CCOC(N)=N1. The maximum absolute atomic E-state index is 13.8. The molecule has 0 aromatic heterocycles. The third kappa shape index (κ3) is 2.11. The summed E-state index contributed by atoms with van der Waals surface area (Å²) < 4.78 is 18.8. The second-order valence-corrected chi connectivity index (χ2v) is 4.24. The van der Waals surface area contributed by atoms with Crippen LogP contribution in [-0.2, 0) is 10.3 Å². The van der Waals surface area contributed by atoms with Crippen LogP contribution in [0.2, 0.25) is 0 Å². The lowest BCUT2D eigenvalue weighted by Gasteiger charge is -2.29. The molecule has 0 saturated carbocycles. The van der Waals surface area contributed by atoms with Gasteiger partial charge in [0.05, 0.1) is 17.1 Å². The number of nitro groups is 1. The van der Waals surface area contributed by atoms with Crippen molar-refractivity contribution in [2.24, 2.45) is 10.7 Å². The number of nitrogens with two attached hydrogens (primary N) is 1. The van der Waals surface area contributed by atoms with E-state index in [1.165, 1.54) is 6.07 Å². The molecule has 1 heterocycles. The van der Waals surface area contributed by atoms with E-state index in [2.05, 4.69) is 4.99 Å². The van der Waals surface area contributed by atoms with Gasteiger partial charge in [-0.25, -0.2) is 9.38 Å². The second-order valence-electron chi connectivity index (χ2n) is 4.24. The fourth-order valence-electron chi connectivity index (χ4n) is 1.92. The molecule has 1 aliphatic heterocycles. The number of hydrogen-bond acceptors (Lipinski definition) is 5. The third-order valence-corrected chi connectivity index (χ3v) is 2.94. The Balaban J connectivity index is 2.52. The van der Waals surface area contributed by atoms with Crippen molar-refractivity contribution in [3.8, 4) is 0 Å². The number of ether oxygens (including phenoxy) is 1. The van der Waals surface area contributed by atoms with Crippen molar-refractivity contribution in [2.75, 3.05) is 6.61 Å². The Morgan fingerprint density at radius 2 is 2.33 bits per heavy atom. The van der Waals surface area contributed by atoms with Crippen LogP contribution in [0.3, 0.4) is 0 Å². The van der Waals surface area contributed by atoms with E-state index in [0.29, 0.717) is 13.0 Å². The van der Waals surface area contributed by atoms with Crippen molar-refractivity contribution in [3.05, 3.63) is 39.7 Å². The molecule has 96 valence electrons. The van der Waals surface area contributed by atoms with Crippen molar-refractivity contribution in [3.63, 3.8) is 0 Å². The summed E-state index contributed by atoms with van der Waals surface area (Å²) in [6.07, 6.45) is 0.409. The van der Waals surface area contributed by atoms with E-state index in [9.17, 15) is 14.5 Å². The van der Waals surface area contributed by atoms with E-state index < -0.39 is 16.3 Å². The zero-order valence-electron chi connectivity index (χ0n) is 9.72. The average molecular weight is 253 g/mol. The van der Waals surface area contributed by atoms with Crippen LogP contribution in [0.1, 0.15) is 18.9 Å². The van der Waals surface area contributed by atoms with Crippen LogP contribution in [0, 0.1) is 15.9 Å². The van der Waals surface area contributed by atoms with E-state index in [0.717, 1.165) is 12.1 Å². The molecule has 1 aromatic rings. The molecule has 7 heteroatoms. The Morgan fingerprint density at radius 1 is 1.61 bits per heavy atom. The first-order chi connectivity index (χ1) is 8.42. The van der Waals surface area contributed by atoms with Gasteiger partial charge in [0.2, 0.25) is 0 Å². The highest BCUT2D eigenvalue weighted by molar-refractivity contribution is 5.72. The maximum Gasteiger partial charge on any atom is 0.282 e. The molecule has 0 saturated heterocycles. The van der Waals surface area contributed by atoms with Gasteiger partial charge in [-0.15, -0.1) is 0 Å². The van der Waals surface area contributed by atoms with Crippen LogP contribution in [0.25, 0.3) is 0 Å². The first-order valence-electron chi connectivity index (χ1n) is 5.35. The van der Waals surface area contributed by atoms with Crippen LogP contribution in [0.4, 0.5) is 10.1 Å². The molecule has 0 aliphatic carbocycles. The number of rotatable bonds is 2. The minimum Gasteiger partial charge on any atom is -0.465 e. The minimum absolute atomic E-state index is 0.0327. The number of aliphatic imine (C=N–C) groups is 1. The van der Waals surface area contributed by atoms with Crippen molar-refractivity contribution < 1.29 is 14.1 Å². The van der Waals surface area contributed by atoms with Crippen LogP contribution in [-0.4, -0.2) is 17.6 Å². The fourth-order valence-corrected chi connectivity index (χ4v) is 1.92. The number of halogens is 1. The molecule has 0 fully saturated rings. The monoisotopic (exact) mass is 253 g/mol. The highest BCUT2D eigenvalue weighted by Crippen LogP contribution is 2.35. The summed E-state index contributed by atoms with van der Waals surface area (Å²) in [4.78, 5) is 14.2. The van der Waals surface area contributed by atoms with Crippen molar-refractivity contribution in [2.45, 2.75) is 18.9 Å². The van der Waals surface area contributed by atoms with Gasteiger partial charge >= 0.3 is 0 Å². The zero-order chi connectivity index (χ0) is 13.3. The molecule has 0 bridgehead atoms. The standard InChI is InChI=1S/C11H12FN3O3/c1-11(4-5-18-10(13)14-11)8-6-7(15(16)17)2-3-9(8)12/h2-3,6H,4-5H2,1H3,(H2,13,14). The van der Waals surface area contributed by atoms with Gasteiger partial charge in [-0.2, -0.15) is 0 Å². The van der Waals surface area contributed by atoms with E-state index in [4.69, 9.17) is 10.5 Å². The largest absolute Gasteiger partial charge is 0.465 e. The number of non-ortho nitro benzene ring substituents is 1. The topological polar surface area (TPSA) is 90.8 Å². The lowest BCUT2D eigenvalue weighted by molar-refractivity contribution is -0.385. The van der Waals surface area contributed by atoms with Gasteiger partial charge in [-0.3, -0.25) is 10.1 Å². The molecular formula is C11H12FN3O3. The Bertz CT molecular complexity index is 532. The molecular weight excluding hydrogens is 241 g/mol. The van der Waals surface area contributed by atoms with E-state index in [1.807, 2.05) is 0 Å². The molecule has 1 unspecified atom stereocenters. The zero-order valence-corrected chi connectivity index (χ0v) is 9.72. The summed E-state index contributed by atoms with van der Waals surface area (Å²) in [5.74, 6) is -0.540. The molecule has 1 atom stereocenters. The lowest BCUT2D eigenvalue weighted by atomic mass is 9.88.